The van der Waals surface area contributed by atoms with Gasteiger partial charge in [-0.1, -0.05) is 106 Å². The number of hydrogen-bond acceptors (Lipinski definition) is 10. The number of rotatable bonds is 13. The number of nitrogens with one attached hydrogen (secondary N) is 3. The molecule has 0 spiro atoms. The number of carbonyl (C=O) groups is 4. The van der Waals surface area contributed by atoms with Gasteiger partial charge in [0.15, 0.2) is 0 Å². The van der Waals surface area contributed by atoms with Crippen molar-refractivity contribution in [1.82, 2.24) is 29.5 Å². The fraction of sp³-hybridized carbons (Fsp3) is 0.783. The smallest absolute Gasteiger partial charge is 0.407 e. The normalized spacial score (nSPS) is 20.5. The number of hydrogen-bond donors (Lipinski definition) is 3. The maximum absolute atomic E-state index is 13.8. The van der Waals surface area contributed by atoms with E-state index in [1.807, 2.05) is 92.6 Å². The highest BCUT2D eigenvalue weighted by Crippen LogP contribution is 2.65. The molecular formula is C46H82N6O10S2. The molecule has 3 N–H and O–H groups in total. The lowest BCUT2D eigenvalue weighted by atomic mass is 9.85. The zero-order chi connectivity index (χ0) is 50.0. The number of piperidine rings is 1. The predicted molar refractivity (Wildman–Crippen MR) is 252 cm³/mol. The number of likely N-dealkylation sites (tertiary alicyclic amines) is 1. The lowest BCUT2D eigenvalue weighted by Crippen LogP contribution is -2.62. The molecule has 6 atom stereocenters. The average Bonchev–Trinajstić information content (AvgIpc) is 3.43. The minimum Gasteiger partial charge on any atom is -0.467 e. The minimum atomic E-state index is -3.61. The summed E-state index contributed by atoms with van der Waals surface area (Å²) in [6.45, 7) is 32.1. The second kappa shape index (κ2) is 20.2. The topological polar surface area (TPSA) is 201 Å². The van der Waals surface area contributed by atoms with Gasteiger partial charge >= 0.3 is 18.1 Å². The van der Waals surface area contributed by atoms with Crippen LogP contribution in [-0.4, -0.2) is 129 Å². The standard InChI is InChI=1S/C27H50N4O6S.C19H32N2O4S/c1-24(2,3)17(15-30(12)38(35,36)26(7,8)9)28-23(34)29-20(25(4,5)6)21(32)31-14-16-18(27(16,10)11)19(31)22(33)37-13;1-18(2,3)16(13-21(7)26(23,24)19(4,5)6)20-17(22)25-14-15-11-9-8-10-12-15/h16-20H,14-15H2,1-13H3,(H2,28,29,34);8-12,16H,13-14H2,1-7H3,(H,20,22)/t16-,17+,18-,19-,20+;16-/m01/s1. The maximum atomic E-state index is 13.8. The van der Waals surface area contributed by atoms with Gasteiger partial charge < -0.3 is 30.3 Å². The molecule has 4 amide bonds. The Balaban J connectivity index is 0.000000473. The van der Waals surface area contributed by atoms with Gasteiger partial charge in [-0.3, -0.25) is 4.79 Å². The number of fused-ring (bicyclic) bond motifs is 1. The van der Waals surface area contributed by atoms with E-state index in [0.717, 1.165) is 5.56 Å². The van der Waals surface area contributed by atoms with E-state index in [4.69, 9.17) is 9.47 Å². The molecule has 16 nitrogen and oxygen atoms in total. The minimum absolute atomic E-state index is 0.0268. The first-order chi connectivity index (χ1) is 28.6. The SMILES string of the molecule is CN(C[C@@H](NC(=O)OCc1ccccc1)C(C)(C)C)S(=O)(=O)C(C)(C)C.COC(=O)[C@@H]1[C@@H]2[C@H](CN1C(=O)[C@@H](NC(=O)N[C@H](CN(C)S(=O)(=O)C(C)(C)C)C(C)(C)C)C(C)(C)C)C2(C)C. The van der Waals surface area contributed by atoms with E-state index in [-0.39, 0.29) is 48.3 Å². The molecule has 3 rings (SSSR count). The van der Waals surface area contributed by atoms with Crippen LogP contribution < -0.4 is 16.0 Å². The molecule has 18 heteroatoms. The molecule has 2 aliphatic rings. The number of likely N-dealkylation sites (N-methyl/N-ethyl adjacent to an activating group) is 2. The molecule has 1 aromatic rings. The number of ether oxygens (including phenoxy) is 2. The molecular weight excluding hydrogens is 861 g/mol. The molecule has 1 aliphatic heterocycles. The van der Waals surface area contributed by atoms with Crippen LogP contribution in [0.25, 0.3) is 0 Å². The highest BCUT2D eigenvalue weighted by Gasteiger charge is 2.70. The molecule has 1 heterocycles. The van der Waals surface area contributed by atoms with Gasteiger partial charge in [0.05, 0.1) is 22.6 Å². The van der Waals surface area contributed by atoms with Crippen molar-refractivity contribution in [2.24, 2.45) is 33.5 Å². The van der Waals surface area contributed by atoms with Gasteiger partial charge in [0, 0.05) is 45.7 Å². The van der Waals surface area contributed by atoms with Gasteiger partial charge in [-0.05, 0) is 74.7 Å². The molecule has 0 radical (unpaired) electrons. The Morgan fingerprint density at radius 2 is 1.16 bits per heavy atom. The van der Waals surface area contributed by atoms with E-state index in [2.05, 4.69) is 29.8 Å². The summed E-state index contributed by atoms with van der Waals surface area (Å²) in [7, 11) is -2.72. The van der Waals surface area contributed by atoms with Crippen molar-refractivity contribution < 1.29 is 45.5 Å². The van der Waals surface area contributed by atoms with Gasteiger partial charge in [0.25, 0.3) is 0 Å². The van der Waals surface area contributed by atoms with Crippen LogP contribution in [0.5, 0.6) is 0 Å². The zero-order valence-corrected chi connectivity index (χ0v) is 44.1. The summed E-state index contributed by atoms with van der Waals surface area (Å²) >= 11 is 0. The number of carbonyl (C=O) groups excluding carboxylic acids is 4. The van der Waals surface area contributed by atoms with Gasteiger partial charge in [-0.25, -0.2) is 39.8 Å². The second-order valence-corrected chi connectivity index (χ2v) is 28.8. The quantitative estimate of drug-likeness (QED) is 0.191. The molecule has 0 unspecified atom stereocenters. The summed E-state index contributed by atoms with van der Waals surface area (Å²) < 4.78 is 62.1. The number of nitrogens with zero attached hydrogens (tertiary/aromatic N) is 3. The first kappa shape index (κ1) is 56.6. The summed E-state index contributed by atoms with van der Waals surface area (Å²) in [5, 5.41) is 8.58. The summed E-state index contributed by atoms with van der Waals surface area (Å²) in [5.74, 6) is -0.537. The largest absolute Gasteiger partial charge is 0.467 e. The Morgan fingerprint density at radius 1 is 0.719 bits per heavy atom. The van der Waals surface area contributed by atoms with Crippen molar-refractivity contribution in [2.45, 2.75) is 158 Å². The van der Waals surface area contributed by atoms with Crippen molar-refractivity contribution in [3.05, 3.63) is 35.9 Å². The van der Waals surface area contributed by atoms with E-state index in [9.17, 15) is 36.0 Å². The monoisotopic (exact) mass is 943 g/mol. The maximum Gasteiger partial charge on any atom is 0.407 e. The third kappa shape index (κ3) is 14.0. The molecule has 2 fully saturated rings. The molecule has 64 heavy (non-hydrogen) atoms. The first-order valence-corrected chi connectivity index (χ1v) is 24.9. The van der Waals surface area contributed by atoms with Crippen LogP contribution in [0.1, 0.15) is 123 Å². The molecule has 1 aromatic carbocycles. The average molecular weight is 943 g/mol. The molecule has 1 aliphatic carbocycles. The summed E-state index contributed by atoms with van der Waals surface area (Å²) in [6.07, 6.45) is -0.560. The Morgan fingerprint density at radius 3 is 1.55 bits per heavy atom. The van der Waals surface area contributed by atoms with Crippen molar-refractivity contribution >= 4 is 44.0 Å². The van der Waals surface area contributed by atoms with E-state index in [1.165, 1.54) is 29.8 Å². The van der Waals surface area contributed by atoms with Crippen molar-refractivity contribution in [2.75, 3.05) is 40.8 Å². The number of urea groups is 1. The molecule has 1 saturated heterocycles. The van der Waals surface area contributed by atoms with Gasteiger partial charge in [-0.15, -0.1) is 0 Å². The number of alkyl carbamates (subject to hydrolysis) is 1. The molecule has 368 valence electrons. The Hall–Kier alpha value is -3.48. The van der Waals surface area contributed by atoms with Crippen LogP contribution in [0.3, 0.4) is 0 Å². The number of esters is 1. The number of benzene rings is 1. The lowest BCUT2D eigenvalue weighted by molar-refractivity contribution is -0.154. The Kier molecular flexibility index (Phi) is 17.9. The molecule has 0 bridgehead atoms. The highest BCUT2D eigenvalue weighted by atomic mass is 32.2. The van der Waals surface area contributed by atoms with E-state index in [0.29, 0.717) is 6.54 Å². The number of sulfonamides is 2. The Bertz CT molecular complexity index is 2010. The van der Waals surface area contributed by atoms with E-state index >= 15 is 0 Å². The van der Waals surface area contributed by atoms with Crippen LogP contribution in [-0.2, 0) is 45.7 Å². The second-order valence-electron chi connectivity index (χ2n) is 23.2. The Labute approximate surface area is 385 Å². The van der Waals surface area contributed by atoms with E-state index in [1.54, 1.807) is 46.4 Å². The first-order valence-electron chi connectivity index (χ1n) is 22.0. The highest BCUT2D eigenvalue weighted by molar-refractivity contribution is 7.90. The van der Waals surface area contributed by atoms with Crippen molar-refractivity contribution in [3.63, 3.8) is 0 Å². The zero-order valence-electron chi connectivity index (χ0n) is 42.4. The fourth-order valence-corrected chi connectivity index (χ4v) is 10.2. The predicted octanol–water partition coefficient (Wildman–Crippen LogP) is 6.22. The fourth-order valence-electron chi connectivity index (χ4n) is 7.67. The van der Waals surface area contributed by atoms with E-state index < -0.39 is 82.6 Å². The van der Waals surface area contributed by atoms with Crippen LogP contribution >= 0.6 is 0 Å². The van der Waals surface area contributed by atoms with Crippen LogP contribution in [0.4, 0.5) is 9.59 Å². The van der Waals surface area contributed by atoms with Crippen LogP contribution in [0.2, 0.25) is 0 Å². The van der Waals surface area contributed by atoms with Crippen molar-refractivity contribution in [3.8, 4) is 0 Å². The molecule has 1 saturated carbocycles. The van der Waals surface area contributed by atoms with Gasteiger partial charge in [-0.2, -0.15) is 0 Å². The summed E-state index contributed by atoms with van der Waals surface area (Å²) in [5.41, 5.74) is -0.619. The summed E-state index contributed by atoms with van der Waals surface area (Å²) in [4.78, 5) is 53.6. The van der Waals surface area contributed by atoms with Gasteiger partial charge in [0.1, 0.15) is 18.7 Å². The van der Waals surface area contributed by atoms with Crippen molar-refractivity contribution in [1.29, 1.82) is 0 Å². The third-order valence-electron chi connectivity index (χ3n) is 12.5. The lowest BCUT2D eigenvalue weighted by Gasteiger charge is -2.39. The van der Waals surface area contributed by atoms with Crippen LogP contribution in [0, 0.1) is 33.5 Å². The molecule has 0 aromatic heterocycles. The van der Waals surface area contributed by atoms with Crippen LogP contribution in [0.15, 0.2) is 30.3 Å². The number of methoxy groups -OCH3 is 1. The third-order valence-corrected chi connectivity index (χ3v) is 17.5. The van der Waals surface area contributed by atoms with Gasteiger partial charge in [0.2, 0.25) is 26.0 Å². The number of amides is 4. The summed E-state index contributed by atoms with van der Waals surface area (Å²) in [6, 6.07) is 6.30.